The van der Waals surface area contributed by atoms with Crippen LogP contribution < -0.4 is 0 Å². The molecule has 0 aliphatic carbocycles. The Bertz CT molecular complexity index is 893. The number of carbonyl (C=O) groups is 2. The lowest BCUT2D eigenvalue weighted by atomic mass is 10.0. The van der Waals surface area contributed by atoms with Crippen molar-refractivity contribution < 1.29 is 14.0 Å². The van der Waals surface area contributed by atoms with Crippen LogP contribution in [-0.4, -0.2) is 57.9 Å². The minimum absolute atomic E-state index is 0.0938. The summed E-state index contributed by atoms with van der Waals surface area (Å²) in [6.45, 7) is 5.48. The molecular formula is C21H23FN4O2. The molecule has 0 N–H and O–H groups in total. The van der Waals surface area contributed by atoms with E-state index in [0.717, 1.165) is 35.6 Å². The van der Waals surface area contributed by atoms with Crippen molar-refractivity contribution in [3.05, 3.63) is 53.6 Å². The minimum atomic E-state index is -0.256. The summed E-state index contributed by atoms with van der Waals surface area (Å²) >= 11 is 0. The predicted molar refractivity (Wildman–Crippen MR) is 102 cm³/mol. The topological polar surface area (TPSA) is 56.8 Å². The molecule has 2 aliphatic heterocycles. The number of carbonyl (C=O) groups excluding carboxylic acids is 2. The second kappa shape index (κ2) is 7.77. The second-order valence-electron chi connectivity index (χ2n) is 7.27. The minimum Gasteiger partial charge on any atom is -0.295 e. The van der Waals surface area contributed by atoms with E-state index >= 15 is 0 Å². The molecule has 6 nitrogen and oxygen atoms in total. The van der Waals surface area contributed by atoms with E-state index in [1.165, 1.54) is 17.1 Å². The molecule has 146 valence electrons. The summed E-state index contributed by atoms with van der Waals surface area (Å²) in [7, 11) is 0. The van der Waals surface area contributed by atoms with Crippen LogP contribution in [0.2, 0.25) is 0 Å². The molecule has 0 radical (unpaired) electrons. The fourth-order valence-electron chi connectivity index (χ4n) is 3.87. The third-order valence-electron chi connectivity index (χ3n) is 5.32. The summed E-state index contributed by atoms with van der Waals surface area (Å²) in [6, 6.07) is 10.5. The van der Waals surface area contributed by atoms with Crippen LogP contribution in [0, 0.1) is 12.7 Å². The third-order valence-corrected chi connectivity index (χ3v) is 5.32. The number of benzene rings is 1. The van der Waals surface area contributed by atoms with Gasteiger partial charge in [-0.3, -0.25) is 19.5 Å². The smallest absolute Gasteiger partial charge is 0.244 e. The summed E-state index contributed by atoms with van der Waals surface area (Å²) in [5.41, 5.74) is 3.58. The number of amides is 2. The largest absolute Gasteiger partial charge is 0.295 e. The van der Waals surface area contributed by atoms with Crippen LogP contribution in [0.1, 0.15) is 24.2 Å². The van der Waals surface area contributed by atoms with Crippen LogP contribution >= 0.6 is 0 Å². The molecular weight excluding hydrogens is 359 g/mol. The van der Waals surface area contributed by atoms with Gasteiger partial charge in [0.15, 0.2) is 0 Å². The zero-order valence-electron chi connectivity index (χ0n) is 15.9. The quantitative estimate of drug-likeness (QED) is 0.760. The van der Waals surface area contributed by atoms with Gasteiger partial charge in [0.05, 0.1) is 5.69 Å². The number of hydrogen-bond acceptors (Lipinski definition) is 5. The molecule has 28 heavy (non-hydrogen) atoms. The number of aromatic nitrogens is 1. The Morgan fingerprint density at radius 1 is 1.00 bits per heavy atom. The standard InChI is InChI=1S/C21H23FN4O2/c1-15-19(16-3-2-4-17(22)13-16)6-5-18(23-15)14-24-9-11-25(12-10-24)26-20(27)7-8-21(26)28/h2-6,13H,7-12,14H2,1H3. The first-order valence-electron chi connectivity index (χ1n) is 9.57. The average molecular weight is 382 g/mol. The maximum Gasteiger partial charge on any atom is 0.244 e. The van der Waals surface area contributed by atoms with Gasteiger partial charge in [0.2, 0.25) is 11.8 Å². The summed E-state index contributed by atoms with van der Waals surface area (Å²) in [5.74, 6) is -0.443. The first kappa shape index (κ1) is 18.7. The van der Waals surface area contributed by atoms with Crippen molar-refractivity contribution >= 4 is 11.8 Å². The molecule has 7 heteroatoms. The van der Waals surface area contributed by atoms with Crippen LogP contribution in [0.5, 0.6) is 0 Å². The molecule has 3 heterocycles. The zero-order valence-corrected chi connectivity index (χ0v) is 15.9. The van der Waals surface area contributed by atoms with Gasteiger partial charge in [-0.2, -0.15) is 0 Å². The Morgan fingerprint density at radius 3 is 2.36 bits per heavy atom. The highest BCUT2D eigenvalue weighted by Crippen LogP contribution is 2.24. The average Bonchev–Trinajstić information content (AvgIpc) is 3.01. The lowest BCUT2D eigenvalue weighted by Crippen LogP contribution is -2.55. The number of halogens is 1. The Balaban J connectivity index is 1.38. The van der Waals surface area contributed by atoms with Gasteiger partial charge in [-0.25, -0.2) is 14.4 Å². The first-order chi connectivity index (χ1) is 13.5. The molecule has 1 aromatic carbocycles. The first-order valence-corrected chi connectivity index (χ1v) is 9.57. The van der Waals surface area contributed by atoms with Crippen LogP contribution in [0.25, 0.3) is 11.1 Å². The van der Waals surface area contributed by atoms with Gasteiger partial charge in [-0.05, 0) is 30.7 Å². The van der Waals surface area contributed by atoms with Gasteiger partial charge in [0.1, 0.15) is 5.82 Å². The number of aryl methyl sites for hydroxylation is 1. The molecule has 0 spiro atoms. The molecule has 2 aliphatic rings. The molecule has 0 bridgehead atoms. The number of imide groups is 1. The van der Waals surface area contributed by atoms with Crippen molar-refractivity contribution in [1.82, 2.24) is 19.9 Å². The van der Waals surface area contributed by atoms with E-state index in [1.807, 2.05) is 30.1 Å². The van der Waals surface area contributed by atoms with Crippen LogP contribution in [0.15, 0.2) is 36.4 Å². The fraction of sp³-hybridized carbons (Fsp3) is 0.381. The molecule has 2 amide bonds. The van der Waals surface area contributed by atoms with Gasteiger partial charge < -0.3 is 0 Å². The van der Waals surface area contributed by atoms with E-state index in [-0.39, 0.29) is 17.6 Å². The van der Waals surface area contributed by atoms with E-state index in [0.29, 0.717) is 32.5 Å². The lowest BCUT2D eigenvalue weighted by molar-refractivity contribution is -0.160. The van der Waals surface area contributed by atoms with E-state index in [4.69, 9.17) is 4.98 Å². The summed E-state index contributed by atoms with van der Waals surface area (Å²) < 4.78 is 13.5. The molecule has 2 fully saturated rings. The van der Waals surface area contributed by atoms with Crippen molar-refractivity contribution in [3.8, 4) is 11.1 Å². The number of hydrazine groups is 1. The zero-order chi connectivity index (χ0) is 19.7. The Labute approximate surface area is 163 Å². The molecule has 2 saturated heterocycles. The molecule has 0 unspecified atom stereocenters. The number of piperazine rings is 1. The van der Waals surface area contributed by atoms with E-state index in [1.54, 1.807) is 6.07 Å². The Hall–Kier alpha value is -2.64. The molecule has 0 saturated carbocycles. The number of nitrogens with zero attached hydrogens (tertiary/aromatic N) is 4. The molecule has 1 aromatic heterocycles. The Morgan fingerprint density at radius 2 is 1.71 bits per heavy atom. The van der Waals surface area contributed by atoms with Crippen LogP contribution in [-0.2, 0) is 16.1 Å². The molecule has 4 rings (SSSR count). The van der Waals surface area contributed by atoms with Crippen molar-refractivity contribution in [2.24, 2.45) is 0 Å². The van der Waals surface area contributed by atoms with Crippen molar-refractivity contribution in [2.75, 3.05) is 26.2 Å². The highest BCUT2D eigenvalue weighted by Gasteiger charge is 2.35. The Kier molecular flexibility index (Phi) is 5.19. The maximum atomic E-state index is 13.5. The van der Waals surface area contributed by atoms with Crippen LogP contribution in [0.4, 0.5) is 4.39 Å². The normalized spacial score (nSPS) is 18.9. The SMILES string of the molecule is Cc1nc(CN2CCN(N3C(=O)CCC3=O)CC2)ccc1-c1cccc(F)c1. The molecule has 0 atom stereocenters. The number of pyridine rings is 1. The van der Waals surface area contributed by atoms with Crippen LogP contribution in [0.3, 0.4) is 0 Å². The van der Waals surface area contributed by atoms with E-state index in [9.17, 15) is 14.0 Å². The third kappa shape index (κ3) is 3.81. The summed E-state index contributed by atoms with van der Waals surface area (Å²) in [5, 5.41) is 3.19. The van der Waals surface area contributed by atoms with Gasteiger partial charge in [0, 0.05) is 56.8 Å². The lowest BCUT2D eigenvalue weighted by Gasteiger charge is -2.38. The summed E-state index contributed by atoms with van der Waals surface area (Å²) in [4.78, 5) is 30.7. The second-order valence-corrected chi connectivity index (χ2v) is 7.27. The maximum absolute atomic E-state index is 13.5. The monoisotopic (exact) mass is 382 g/mol. The van der Waals surface area contributed by atoms with Gasteiger partial charge in [-0.1, -0.05) is 18.2 Å². The summed E-state index contributed by atoms with van der Waals surface area (Å²) in [6.07, 6.45) is 0.639. The highest BCUT2D eigenvalue weighted by atomic mass is 19.1. The number of hydrogen-bond donors (Lipinski definition) is 0. The highest BCUT2D eigenvalue weighted by molar-refractivity contribution is 6.01. The van der Waals surface area contributed by atoms with E-state index < -0.39 is 0 Å². The van der Waals surface area contributed by atoms with Gasteiger partial charge in [0.25, 0.3) is 0 Å². The van der Waals surface area contributed by atoms with Gasteiger partial charge in [-0.15, -0.1) is 0 Å². The van der Waals surface area contributed by atoms with Crippen molar-refractivity contribution in [3.63, 3.8) is 0 Å². The molecule has 2 aromatic rings. The fourth-order valence-corrected chi connectivity index (χ4v) is 3.87. The van der Waals surface area contributed by atoms with E-state index in [2.05, 4.69) is 4.90 Å². The van der Waals surface area contributed by atoms with Crippen molar-refractivity contribution in [1.29, 1.82) is 0 Å². The van der Waals surface area contributed by atoms with Crippen molar-refractivity contribution in [2.45, 2.75) is 26.3 Å². The predicted octanol–water partition coefficient (Wildman–Crippen LogP) is 2.38. The number of rotatable bonds is 4. The van der Waals surface area contributed by atoms with Gasteiger partial charge >= 0.3 is 0 Å².